The fourth-order valence-electron chi connectivity index (χ4n) is 1.88. The molecule has 0 aromatic heterocycles. The zero-order valence-corrected chi connectivity index (χ0v) is 11.0. The van der Waals surface area contributed by atoms with Crippen molar-refractivity contribution in [3.05, 3.63) is 42.5 Å². The van der Waals surface area contributed by atoms with Gasteiger partial charge in [0.05, 0.1) is 4.90 Å². The molecule has 2 nitrogen and oxygen atoms in total. The zero-order chi connectivity index (χ0) is 12.3. The van der Waals surface area contributed by atoms with E-state index in [1.807, 2.05) is 48.5 Å². The van der Waals surface area contributed by atoms with Gasteiger partial charge in [0.2, 0.25) is 0 Å². The average Bonchev–Trinajstić information content (AvgIpc) is 2.39. The Morgan fingerprint density at radius 2 is 1.65 bits per heavy atom. The van der Waals surface area contributed by atoms with Crippen molar-refractivity contribution in [2.45, 2.75) is 18.7 Å². The molecule has 0 heterocycles. The van der Waals surface area contributed by atoms with Gasteiger partial charge in [0.15, 0.2) is 0 Å². The van der Waals surface area contributed by atoms with Crippen LogP contribution in [-0.2, 0) is 11.0 Å². The highest BCUT2D eigenvalue weighted by molar-refractivity contribution is 7.82. The van der Waals surface area contributed by atoms with E-state index >= 15 is 0 Å². The van der Waals surface area contributed by atoms with Gasteiger partial charge in [-0.3, -0.25) is 0 Å². The second-order valence-electron chi connectivity index (χ2n) is 3.87. The molecular weight excluding hydrogens is 230 g/mol. The Morgan fingerprint density at radius 1 is 1.00 bits per heavy atom. The van der Waals surface area contributed by atoms with E-state index in [9.17, 15) is 4.21 Å². The number of rotatable bonds is 4. The summed E-state index contributed by atoms with van der Waals surface area (Å²) in [7, 11) is -1.04. The summed E-state index contributed by atoms with van der Waals surface area (Å²) >= 11 is 0. The van der Waals surface area contributed by atoms with Gasteiger partial charge < -0.3 is 0 Å². The standard InChI is InChI=1S/C14H17NOS/c1-3-15(4-2)17(16)14-10-9-12-7-5-6-8-13(12)11-14/h5-11H,3-4H2,1-2H3. The first-order chi connectivity index (χ1) is 8.26. The lowest BCUT2D eigenvalue weighted by molar-refractivity contribution is 0.489. The maximum atomic E-state index is 12.3. The predicted molar refractivity (Wildman–Crippen MR) is 73.3 cm³/mol. The summed E-state index contributed by atoms with van der Waals surface area (Å²) in [6.07, 6.45) is 0. The van der Waals surface area contributed by atoms with E-state index in [0.717, 1.165) is 23.4 Å². The van der Waals surface area contributed by atoms with Crippen LogP contribution in [0.5, 0.6) is 0 Å². The van der Waals surface area contributed by atoms with Crippen LogP contribution in [0.4, 0.5) is 0 Å². The van der Waals surface area contributed by atoms with Crippen LogP contribution < -0.4 is 0 Å². The summed E-state index contributed by atoms with van der Waals surface area (Å²) < 4.78 is 14.2. The largest absolute Gasteiger partial charge is 0.237 e. The molecule has 0 spiro atoms. The fourth-order valence-corrected chi connectivity index (χ4v) is 3.06. The minimum absolute atomic E-state index is 0.802. The second kappa shape index (κ2) is 5.43. The minimum Gasteiger partial charge on any atom is -0.237 e. The average molecular weight is 247 g/mol. The quantitative estimate of drug-likeness (QED) is 0.812. The highest BCUT2D eigenvalue weighted by Crippen LogP contribution is 2.19. The Bertz CT molecular complexity index is 534. The lowest BCUT2D eigenvalue weighted by atomic mass is 10.1. The smallest absolute Gasteiger partial charge is 0.127 e. The monoisotopic (exact) mass is 247 g/mol. The lowest BCUT2D eigenvalue weighted by Gasteiger charge is -2.17. The van der Waals surface area contributed by atoms with E-state index in [2.05, 4.69) is 12.1 Å². The summed E-state index contributed by atoms with van der Waals surface area (Å²) in [5.74, 6) is 0. The van der Waals surface area contributed by atoms with E-state index in [4.69, 9.17) is 0 Å². The summed E-state index contributed by atoms with van der Waals surface area (Å²) in [6.45, 7) is 5.66. The van der Waals surface area contributed by atoms with Crippen LogP contribution in [0.15, 0.2) is 47.4 Å². The minimum atomic E-state index is -1.04. The third kappa shape index (κ3) is 2.56. The highest BCUT2D eigenvalue weighted by atomic mass is 32.2. The van der Waals surface area contributed by atoms with Crippen LogP contribution in [-0.4, -0.2) is 21.6 Å². The molecule has 0 aliphatic heterocycles. The molecule has 2 aromatic rings. The number of benzene rings is 2. The molecule has 0 N–H and O–H groups in total. The van der Waals surface area contributed by atoms with Gasteiger partial charge >= 0.3 is 0 Å². The van der Waals surface area contributed by atoms with Gasteiger partial charge in [-0.05, 0) is 22.9 Å². The molecule has 1 atom stereocenters. The first kappa shape index (κ1) is 12.3. The van der Waals surface area contributed by atoms with Crippen molar-refractivity contribution in [2.75, 3.05) is 13.1 Å². The second-order valence-corrected chi connectivity index (χ2v) is 5.36. The van der Waals surface area contributed by atoms with Gasteiger partial charge in [0.1, 0.15) is 11.0 Å². The van der Waals surface area contributed by atoms with Crippen LogP contribution in [0, 0.1) is 0 Å². The van der Waals surface area contributed by atoms with E-state index in [1.165, 1.54) is 5.39 Å². The molecular formula is C14H17NOS. The molecule has 0 bridgehead atoms. The molecule has 2 aromatic carbocycles. The van der Waals surface area contributed by atoms with Crippen LogP contribution in [0.25, 0.3) is 10.8 Å². The maximum Gasteiger partial charge on any atom is 0.127 e. The van der Waals surface area contributed by atoms with E-state index in [-0.39, 0.29) is 0 Å². The van der Waals surface area contributed by atoms with Crippen molar-refractivity contribution >= 4 is 21.8 Å². The Kier molecular flexibility index (Phi) is 3.92. The molecule has 2 rings (SSSR count). The molecule has 0 fully saturated rings. The van der Waals surface area contributed by atoms with Gasteiger partial charge in [-0.15, -0.1) is 0 Å². The Morgan fingerprint density at radius 3 is 2.29 bits per heavy atom. The number of hydrogen-bond donors (Lipinski definition) is 0. The topological polar surface area (TPSA) is 20.3 Å². The van der Waals surface area contributed by atoms with Crippen molar-refractivity contribution in [3.8, 4) is 0 Å². The van der Waals surface area contributed by atoms with Crippen LogP contribution in [0.1, 0.15) is 13.8 Å². The lowest BCUT2D eigenvalue weighted by Crippen LogP contribution is -2.25. The summed E-state index contributed by atoms with van der Waals surface area (Å²) in [4.78, 5) is 0.882. The summed E-state index contributed by atoms with van der Waals surface area (Å²) in [5, 5.41) is 2.33. The van der Waals surface area contributed by atoms with Crippen molar-refractivity contribution in [3.63, 3.8) is 0 Å². The zero-order valence-electron chi connectivity index (χ0n) is 10.2. The molecule has 1 unspecified atom stereocenters. The molecule has 0 saturated carbocycles. The molecule has 0 aliphatic rings. The Hall–Kier alpha value is -1.19. The van der Waals surface area contributed by atoms with Crippen molar-refractivity contribution in [1.29, 1.82) is 0 Å². The SMILES string of the molecule is CCN(CC)S(=O)c1ccc2ccccc2c1. The van der Waals surface area contributed by atoms with E-state index in [1.54, 1.807) is 0 Å². The summed E-state index contributed by atoms with van der Waals surface area (Å²) in [5.41, 5.74) is 0. The van der Waals surface area contributed by atoms with Crippen LogP contribution in [0.2, 0.25) is 0 Å². The van der Waals surface area contributed by atoms with E-state index in [0.29, 0.717) is 0 Å². The van der Waals surface area contributed by atoms with Gasteiger partial charge in [-0.1, -0.05) is 44.2 Å². The van der Waals surface area contributed by atoms with Gasteiger partial charge in [-0.25, -0.2) is 8.51 Å². The van der Waals surface area contributed by atoms with Crippen molar-refractivity contribution in [2.24, 2.45) is 0 Å². The number of hydrogen-bond acceptors (Lipinski definition) is 1. The molecule has 3 heteroatoms. The molecule has 0 saturated heterocycles. The molecule has 17 heavy (non-hydrogen) atoms. The van der Waals surface area contributed by atoms with Gasteiger partial charge in [0.25, 0.3) is 0 Å². The first-order valence-corrected chi connectivity index (χ1v) is 7.02. The van der Waals surface area contributed by atoms with Gasteiger partial charge in [0, 0.05) is 13.1 Å². The van der Waals surface area contributed by atoms with Gasteiger partial charge in [-0.2, -0.15) is 0 Å². The predicted octanol–water partition coefficient (Wildman–Crippen LogP) is 3.20. The first-order valence-electron chi connectivity index (χ1n) is 5.92. The van der Waals surface area contributed by atoms with Crippen molar-refractivity contribution < 1.29 is 4.21 Å². The van der Waals surface area contributed by atoms with Crippen molar-refractivity contribution in [1.82, 2.24) is 4.31 Å². The summed E-state index contributed by atoms with van der Waals surface area (Å²) in [6, 6.07) is 14.2. The highest BCUT2D eigenvalue weighted by Gasteiger charge is 2.11. The van der Waals surface area contributed by atoms with E-state index < -0.39 is 11.0 Å². The maximum absolute atomic E-state index is 12.3. The normalized spacial score (nSPS) is 13.1. The van der Waals surface area contributed by atoms with Crippen LogP contribution in [0.3, 0.4) is 0 Å². The third-order valence-corrected chi connectivity index (χ3v) is 4.51. The fraction of sp³-hybridized carbons (Fsp3) is 0.286. The molecule has 0 radical (unpaired) electrons. The van der Waals surface area contributed by atoms with Crippen LogP contribution >= 0.6 is 0 Å². The molecule has 0 amide bonds. The Balaban J connectivity index is 2.39. The molecule has 90 valence electrons. The molecule has 0 aliphatic carbocycles. The number of nitrogens with zero attached hydrogens (tertiary/aromatic N) is 1. The third-order valence-electron chi connectivity index (χ3n) is 2.86. The number of fused-ring (bicyclic) bond motifs is 1. The Labute approximate surface area is 105 Å².